The van der Waals surface area contributed by atoms with Crippen LogP contribution in [-0.4, -0.2) is 47.2 Å². The molecule has 1 aromatic rings. The molecular weight excluding hydrogens is 250 g/mol. The number of nitrogens with zero attached hydrogens (tertiary/aromatic N) is 1. The number of ether oxygens (including phenoxy) is 1. The number of hydrogen-bond acceptors (Lipinski definition) is 4. The zero-order valence-corrected chi connectivity index (χ0v) is 11.2. The first-order chi connectivity index (χ1) is 8.81. The van der Waals surface area contributed by atoms with Gasteiger partial charge in [-0.2, -0.15) is 0 Å². The summed E-state index contributed by atoms with van der Waals surface area (Å²) in [6, 6.07) is 1.71. The van der Waals surface area contributed by atoms with Gasteiger partial charge in [0.2, 0.25) is 0 Å². The van der Waals surface area contributed by atoms with Crippen molar-refractivity contribution in [3.63, 3.8) is 0 Å². The predicted molar refractivity (Wildman–Crippen MR) is 66.1 cm³/mol. The van der Waals surface area contributed by atoms with Crippen LogP contribution in [0.4, 0.5) is 0 Å². The van der Waals surface area contributed by atoms with Gasteiger partial charge in [0.15, 0.2) is 0 Å². The van der Waals surface area contributed by atoms with Crippen LogP contribution in [0.5, 0.6) is 0 Å². The molecule has 0 spiro atoms. The van der Waals surface area contributed by atoms with E-state index >= 15 is 0 Å². The molecule has 1 aliphatic rings. The summed E-state index contributed by atoms with van der Waals surface area (Å²) < 4.78 is 10.6. The van der Waals surface area contributed by atoms with Crippen molar-refractivity contribution in [3.05, 3.63) is 23.2 Å². The van der Waals surface area contributed by atoms with Crippen LogP contribution in [-0.2, 0) is 9.53 Å². The average molecular weight is 267 g/mol. The van der Waals surface area contributed by atoms with Crippen LogP contribution in [0.25, 0.3) is 0 Å². The van der Waals surface area contributed by atoms with Crippen LogP contribution >= 0.6 is 0 Å². The Kier molecular flexibility index (Phi) is 3.36. The largest absolute Gasteiger partial charge is 0.480 e. The highest BCUT2D eigenvalue weighted by atomic mass is 16.5. The number of carboxylic acids is 1. The van der Waals surface area contributed by atoms with E-state index in [1.165, 1.54) is 0 Å². The Balaban J connectivity index is 1.95. The molecule has 104 valence electrons. The Morgan fingerprint density at radius 2 is 2.11 bits per heavy atom. The quantitative estimate of drug-likeness (QED) is 0.887. The summed E-state index contributed by atoms with van der Waals surface area (Å²) in [5.41, 5.74) is -0.0152. The van der Waals surface area contributed by atoms with E-state index in [2.05, 4.69) is 0 Å². The van der Waals surface area contributed by atoms with Gasteiger partial charge in [-0.1, -0.05) is 0 Å². The molecule has 0 aromatic carbocycles. The van der Waals surface area contributed by atoms with Crippen LogP contribution in [0.2, 0.25) is 0 Å². The number of amides is 1. The third kappa shape index (κ3) is 2.78. The van der Waals surface area contributed by atoms with E-state index < -0.39 is 11.6 Å². The van der Waals surface area contributed by atoms with Gasteiger partial charge in [0.1, 0.15) is 23.7 Å². The van der Waals surface area contributed by atoms with Crippen molar-refractivity contribution in [2.75, 3.05) is 19.7 Å². The number of carbonyl (C=O) groups is 2. The van der Waals surface area contributed by atoms with E-state index in [0.29, 0.717) is 30.2 Å². The molecule has 2 heterocycles. The second kappa shape index (κ2) is 4.70. The van der Waals surface area contributed by atoms with E-state index in [1.54, 1.807) is 31.7 Å². The van der Waals surface area contributed by atoms with Gasteiger partial charge in [-0.15, -0.1) is 0 Å². The molecule has 0 radical (unpaired) electrons. The van der Waals surface area contributed by atoms with Crippen molar-refractivity contribution < 1.29 is 23.8 Å². The first-order valence-corrected chi connectivity index (χ1v) is 6.03. The van der Waals surface area contributed by atoms with E-state index in [-0.39, 0.29) is 12.5 Å². The molecule has 1 aliphatic heterocycles. The number of hydrogen-bond donors (Lipinski definition) is 1. The van der Waals surface area contributed by atoms with Gasteiger partial charge >= 0.3 is 5.97 Å². The van der Waals surface area contributed by atoms with E-state index in [4.69, 9.17) is 14.3 Å². The second-order valence-corrected chi connectivity index (χ2v) is 5.12. The van der Waals surface area contributed by atoms with Gasteiger partial charge in [0.05, 0.1) is 18.7 Å². The summed E-state index contributed by atoms with van der Waals surface area (Å²) >= 11 is 0. The molecule has 6 nitrogen and oxygen atoms in total. The Morgan fingerprint density at radius 1 is 1.47 bits per heavy atom. The molecule has 19 heavy (non-hydrogen) atoms. The first kappa shape index (κ1) is 13.6. The van der Waals surface area contributed by atoms with Gasteiger partial charge < -0.3 is 19.2 Å². The lowest BCUT2D eigenvalue weighted by Gasteiger charge is -2.47. The fraction of sp³-hybridized carbons (Fsp3) is 0.538. The minimum absolute atomic E-state index is 0.106. The minimum atomic E-state index is -1.01. The van der Waals surface area contributed by atoms with Gasteiger partial charge in [0.25, 0.3) is 5.91 Å². The lowest BCUT2D eigenvalue weighted by atomic mass is 9.95. The molecular formula is C13H17NO5. The van der Waals surface area contributed by atoms with Crippen molar-refractivity contribution in [1.82, 2.24) is 4.90 Å². The highest BCUT2D eigenvalue weighted by Gasteiger charge is 2.43. The maximum atomic E-state index is 12.2. The number of carbonyl (C=O) groups excluding carboxylic acids is 1. The molecule has 1 amide bonds. The third-order valence-corrected chi connectivity index (χ3v) is 3.15. The number of likely N-dealkylation sites (tertiary alicyclic amines) is 1. The van der Waals surface area contributed by atoms with Crippen molar-refractivity contribution in [2.45, 2.75) is 26.4 Å². The van der Waals surface area contributed by atoms with Crippen molar-refractivity contribution in [2.24, 2.45) is 0 Å². The van der Waals surface area contributed by atoms with Crippen LogP contribution < -0.4 is 0 Å². The van der Waals surface area contributed by atoms with Gasteiger partial charge in [-0.25, -0.2) is 4.79 Å². The van der Waals surface area contributed by atoms with E-state index in [0.717, 1.165) is 0 Å². The summed E-state index contributed by atoms with van der Waals surface area (Å²) in [4.78, 5) is 24.3. The molecule has 0 aliphatic carbocycles. The Hall–Kier alpha value is -1.82. The molecule has 0 unspecified atom stereocenters. The lowest BCUT2D eigenvalue weighted by Crippen LogP contribution is -2.63. The highest BCUT2D eigenvalue weighted by molar-refractivity contribution is 5.96. The smallest absolute Gasteiger partial charge is 0.329 e. The fourth-order valence-electron chi connectivity index (χ4n) is 2.25. The Bertz CT molecular complexity index is 513. The van der Waals surface area contributed by atoms with Gasteiger partial charge in [-0.05, 0) is 26.8 Å². The maximum Gasteiger partial charge on any atom is 0.329 e. The number of rotatable bonds is 4. The monoisotopic (exact) mass is 267 g/mol. The fourth-order valence-corrected chi connectivity index (χ4v) is 2.25. The lowest BCUT2D eigenvalue weighted by molar-refractivity contribution is -0.159. The molecule has 1 N–H and O–H groups in total. The third-order valence-electron chi connectivity index (χ3n) is 3.15. The summed E-state index contributed by atoms with van der Waals surface area (Å²) in [6.07, 6.45) is 0. The normalized spacial score (nSPS) is 17.1. The standard InChI is InChI=1S/C13H17NO5/c1-8-4-10(9(2)19-8)12(17)14-6-13(3,7-14)18-5-11(15)16/h4H,5-7H2,1-3H3,(H,15,16). The second-order valence-electron chi connectivity index (χ2n) is 5.12. The molecule has 0 atom stereocenters. The number of carboxylic acid groups (broad SMARTS) is 1. The molecule has 0 saturated carbocycles. The molecule has 0 bridgehead atoms. The Morgan fingerprint density at radius 3 is 2.58 bits per heavy atom. The van der Waals surface area contributed by atoms with Gasteiger partial charge in [0, 0.05) is 0 Å². The zero-order chi connectivity index (χ0) is 14.2. The summed E-state index contributed by atoms with van der Waals surface area (Å²) in [5, 5.41) is 8.57. The van der Waals surface area contributed by atoms with Crippen molar-refractivity contribution >= 4 is 11.9 Å². The highest BCUT2D eigenvalue weighted by Crippen LogP contribution is 2.27. The molecule has 6 heteroatoms. The minimum Gasteiger partial charge on any atom is -0.480 e. The first-order valence-electron chi connectivity index (χ1n) is 6.03. The van der Waals surface area contributed by atoms with Crippen LogP contribution in [0.1, 0.15) is 28.8 Å². The molecule has 1 fully saturated rings. The van der Waals surface area contributed by atoms with Gasteiger partial charge in [-0.3, -0.25) is 4.79 Å². The van der Waals surface area contributed by atoms with Crippen LogP contribution in [0, 0.1) is 13.8 Å². The Labute approximate surface area is 110 Å². The predicted octanol–water partition coefficient (Wildman–Crippen LogP) is 1.21. The van der Waals surface area contributed by atoms with Crippen LogP contribution in [0.3, 0.4) is 0 Å². The molecule has 2 rings (SSSR count). The number of furan rings is 1. The van der Waals surface area contributed by atoms with Crippen LogP contribution in [0.15, 0.2) is 10.5 Å². The average Bonchev–Trinajstić information content (AvgIpc) is 2.61. The topological polar surface area (TPSA) is 80.0 Å². The summed E-state index contributed by atoms with van der Waals surface area (Å²) in [5.74, 6) is 0.187. The van der Waals surface area contributed by atoms with E-state index in [1.807, 2.05) is 0 Å². The molecule has 1 saturated heterocycles. The van der Waals surface area contributed by atoms with E-state index in [9.17, 15) is 9.59 Å². The zero-order valence-electron chi connectivity index (χ0n) is 11.2. The van der Waals surface area contributed by atoms with Crippen molar-refractivity contribution in [3.8, 4) is 0 Å². The summed E-state index contributed by atoms with van der Waals surface area (Å²) in [6.45, 7) is 5.78. The van der Waals surface area contributed by atoms with Crippen molar-refractivity contribution in [1.29, 1.82) is 0 Å². The number of aliphatic carboxylic acids is 1. The number of aryl methyl sites for hydroxylation is 2. The summed E-state index contributed by atoms with van der Waals surface area (Å²) in [7, 11) is 0. The SMILES string of the molecule is Cc1cc(C(=O)N2CC(C)(OCC(=O)O)C2)c(C)o1. The maximum absolute atomic E-state index is 12.2. The molecule has 1 aromatic heterocycles.